The molecule has 0 bridgehead atoms. The number of halogens is 4. The molecule has 88 valence electrons. The van der Waals surface area contributed by atoms with Gasteiger partial charge in [0.1, 0.15) is 0 Å². The van der Waals surface area contributed by atoms with E-state index in [9.17, 15) is 13.6 Å². The van der Waals surface area contributed by atoms with Gasteiger partial charge in [0.2, 0.25) is 0 Å². The third-order valence-electron chi connectivity index (χ3n) is 1.82. The van der Waals surface area contributed by atoms with Gasteiger partial charge in [0.05, 0.1) is 22.0 Å². The topological polar surface area (TPSA) is 26.3 Å². The molecule has 0 heterocycles. The van der Waals surface area contributed by atoms with Gasteiger partial charge in [-0.3, -0.25) is 4.79 Å². The molecule has 0 spiro atoms. The molecule has 0 fully saturated rings. The number of carbonyl (C=O) groups excluding carboxylic acids is 1. The zero-order chi connectivity index (χ0) is 12.3. The normalized spacial score (nSPS) is 10.3. The van der Waals surface area contributed by atoms with Crippen molar-refractivity contribution >= 4 is 37.8 Å². The molecule has 0 unspecified atom stereocenters. The SMILES string of the molecule is CCOC(=O)Cc1cc(Br)c(F)c(F)c1Br. The Balaban J connectivity index is 3.02. The van der Waals surface area contributed by atoms with Crippen molar-refractivity contribution in [3.05, 3.63) is 32.2 Å². The Hall–Kier alpha value is -0.490. The van der Waals surface area contributed by atoms with Crippen LogP contribution in [0.15, 0.2) is 15.0 Å². The van der Waals surface area contributed by atoms with Crippen molar-refractivity contribution in [1.82, 2.24) is 0 Å². The third-order valence-corrected chi connectivity index (χ3v) is 3.25. The lowest BCUT2D eigenvalue weighted by molar-refractivity contribution is -0.142. The van der Waals surface area contributed by atoms with Crippen LogP contribution in [0.3, 0.4) is 0 Å². The van der Waals surface area contributed by atoms with E-state index in [-0.39, 0.29) is 22.0 Å². The molecule has 0 radical (unpaired) electrons. The molecule has 0 saturated carbocycles. The maximum Gasteiger partial charge on any atom is 0.310 e. The van der Waals surface area contributed by atoms with Gasteiger partial charge < -0.3 is 4.74 Å². The van der Waals surface area contributed by atoms with Crippen LogP contribution in [0.2, 0.25) is 0 Å². The van der Waals surface area contributed by atoms with Crippen LogP contribution in [-0.4, -0.2) is 12.6 Å². The number of hydrogen-bond acceptors (Lipinski definition) is 2. The Morgan fingerprint density at radius 2 is 2.00 bits per heavy atom. The zero-order valence-electron chi connectivity index (χ0n) is 8.32. The van der Waals surface area contributed by atoms with Crippen LogP contribution in [0.5, 0.6) is 0 Å². The molecule has 2 nitrogen and oxygen atoms in total. The first-order valence-electron chi connectivity index (χ1n) is 4.44. The number of hydrogen-bond donors (Lipinski definition) is 0. The van der Waals surface area contributed by atoms with Crippen LogP contribution in [-0.2, 0) is 16.0 Å². The van der Waals surface area contributed by atoms with Gasteiger partial charge >= 0.3 is 5.97 Å². The molecule has 0 aromatic heterocycles. The molecule has 0 N–H and O–H groups in total. The van der Waals surface area contributed by atoms with E-state index >= 15 is 0 Å². The summed E-state index contributed by atoms with van der Waals surface area (Å²) in [4.78, 5) is 11.2. The lowest BCUT2D eigenvalue weighted by atomic mass is 10.1. The highest BCUT2D eigenvalue weighted by Crippen LogP contribution is 2.29. The number of esters is 1. The molecular formula is C10H8Br2F2O2. The summed E-state index contributed by atoms with van der Waals surface area (Å²) in [6.07, 6.45) is -0.107. The van der Waals surface area contributed by atoms with E-state index in [2.05, 4.69) is 31.9 Å². The van der Waals surface area contributed by atoms with E-state index in [0.29, 0.717) is 5.56 Å². The Labute approximate surface area is 108 Å². The Bertz CT molecular complexity index is 422. The highest BCUT2D eigenvalue weighted by molar-refractivity contribution is 9.11. The van der Waals surface area contributed by atoms with E-state index in [4.69, 9.17) is 4.74 Å². The van der Waals surface area contributed by atoms with Gasteiger partial charge in [-0.2, -0.15) is 0 Å². The molecule has 0 amide bonds. The molecule has 0 aliphatic rings. The summed E-state index contributed by atoms with van der Waals surface area (Å²) in [6.45, 7) is 1.93. The monoisotopic (exact) mass is 356 g/mol. The first-order chi connectivity index (χ1) is 7.47. The second kappa shape index (κ2) is 5.72. The fourth-order valence-corrected chi connectivity index (χ4v) is 2.00. The Morgan fingerprint density at radius 1 is 1.38 bits per heavy atom. The van der Waals surface area contributed by atoms with Crippen LogP contribution >= 0.6 is 31.9 Å². The van der Waals surface area contributed by atoms with Crippen molar-refractivity contribution in [2.75, 3.05) is 6.61 Å². The fraction of sp³-hybridized carbons (Fsp3) is 0.300. The van der Waals surface area contributed by atoms with Gasteiger partial charge in [0, 0.05) is 0 Å². The van der Waals surface area contributed by atoms with Crippen molar-refractivity contribution in [2.24, 2.45) is 0 Å². The zero-order valence-corrected chi connectivity index (χ0v) is 11.5. The lowest BCUT2D eigenvalue weighted by Crippen LogP contribution is -2.09. The summed E-state index contributed by atoms with van der Waals surface area (Å²) in [5, 5.41) is 0. The smallest absolute Gasteiger partial charge is 0.310 e. The average Bonchev–Trinajstić information content (AvgIpc) is 2.23. The first kappa shape index (κ1) is 13.6. The van der Waals surface area contributed by atoms with E-state index in [1.165, 1.54) is 6.07 Å². The summed E-state index contributed by atoms with van der Waals surface area (Å²) in [5.74, 6) is -2.49. The van der Waals surface area contributed by atoms with Gasteiger partial charge in [0.25, 0.3) is 0 Å². The minimum Gasteiger partial charge on any atom is -0.466 e. The minimum atomic E-state index is -1.02. The molecule has 1 aromatic carbocycles. The van der Waals surface area contributed by atoms with Gasteiger partial charge in [-0.05, 0) is 50.4 Å². The largest absolute Gasteiger partial charge is 0.466 e. The number of benzene rings is 1. The number of ether oxygens (including phenoxy) is 1. The summed E-state index contributed by atoms with van der Waals surface area (Å²) in [7, 11) is 0. The molecular weight excluding hydrogens is 350 g/mol. The second-order valence-electron chi connectivity index (χ2n) is 2.94. The Kier molecular flexibility index (Phi) is 4.86. The predicted octanol–water partition coefficient (Wildman–Crippen LogP) is 3.60. The quantitative estimate of drug-likeness (QED) is 0.469. The van der Waals surface area contributed by atoms with E-state index in [1.54, 1.807) is 6.92 Å². The minimum absolute atomic E-state index is 0.0208. The molecule has 6 heteroatoms. The van der Waals surface area contributed by atoms with Crippen LogP contribution in [0, 0.1) is 11.6 Å². The maximum atomic E-state index is 13.3. The van der Waals surface area contributed by atoms with Crippen LogP contribution < -0.4 is 0 Å². The van der Waals surface area contributed by atoms with E-state index in [1.807, 2.05) is 0 Å². The third kappa shape index (κ3) is 3.01. The highest BCUT2D eigenvalue weighted by atomic mass is 79.9. The second-order valence-corrected chi connectivity index (χ2v) is 4.59. The van der Waals surface area contributed by atoms with Crippen LogP contribution in [0.25, 0.3) is 0 Å². The first-order valence-corrected chi connectivity index (χ1v) is 6.03. The predicted molar refractivity (Wildman–Crippen MR) is 62.1 cm³/mol. The Morgan fingerprint density at radius 3 is 2.56 bits per heavy atom. The van der Waals surface area contributed by atoms with Gasteiger partial charge in [-0.1, -0.05) is 0 Å². The van der Waals surface area contributed by atoms with Gasteiger partial charge in [-0.15, -0.1) is 0 Å². The highest BCUT2D eigenvalue weighted by Gasteiger charge is 2.17. The summed E-state index contributed by atoms with van der Waals surface area (Å²) in [6, 6.07) is 1.35. The van der Waals surface area contributed by atoms with E-state index in [0.717, 1.165) is 0 Å². The molecule has 0 aliphatic heterocycles. The number of rotatable bonds is 3. The fourth-order valence-electron chi connectivity index (χ4n) is 1.12. The van der Waals surface area contributed by atoms with E-state index < -0.39 is 17.6 Å². The van der Waals surface area contributed by atoms with Gasteiger partial charge in [0.15, 0.2) is 11.6 Å². The standard InChI is InChI=1S/C10H8Br2F2O2/c1-2-16-7(15)4-5-3-6(11)9(13)10(14)8(5)12/h3H,2,4H2,1H3. The maximum absolute atomic E-state index is 13.3. The molecule has 0 aliphatic carbocycles. The summed E-state index contributed by atoms with van der Waals surface area (Å²) >= 11 is 5.77. The van der Waals surface area contributed by atoms with Crippen molar-refractivity contribution in [3.8, 4) is 0 Å². The lowest BCUT2D eigenvalue weighted by Gasteiger charge is -2.07. The summed E-state index contributed by atoms with van der Waals surface area (Å²) < 4.78 is 31.0. The summed E-state index contributed by atoms with van der Waals surface area (Å²) in [5.41, 5.74) is 0.337. The van der Waals surface area contributed by atoms with Crippen molar-refractivity contribution in [1.29, 1.82) is 0 Å². The van der Waals surface area contributed by atoms with Crippen molar-refractivity contribution < 1.29 is 18.3 Å². The van der Waals surface area contributed by atoms with Gasteiger partial charge in [-0.25, -0.2) is 8.78 Å². The van der Waals surface area contributed by atoms with Crippen molar-refractivity contribution in [2.45, 2.75) is 13.3 Å². The molecule has 1 aromatic rings. The van der Waals surface area contributed by atoms with Crippen LogP contribution in [0.4, 0.5) is 8.78 Å². The molecule has 16 heavy (non-hydrogen) atoms. The number of carbonyl (C=O) groups is 1. The van der Waals surface area contributed by atoms with Crippen LogP contribution in [0.1, 0.15) is 12.5 Å². The molecule has 0 atom stereocenters. The average molecular weight is 358 g/mol. The molecule has 0 saturated heterocycles. The molecule has 1 rings (SSSR count). The van der Waals surface area contributed by atoms with Crippen molar-refractivity contribution in [3.63, 3.8) is 0 Å².